The summed E-state index contributed by atoms with van der Waals surface area (Å²) in [5.74, 6) is -0.389. The molecule has 0 radical (unpaired) electrons. The lowest BCUT2D eigenvalue weighted by atomic mass is 9.73. The van der Waals surface area contributed by atoms with Gasteiger partial charge in [0.25, 0.3) is 0 Å². The highest BCUT2D eigenvalue weighted by Gasteiger charge is 2.47. The normalized spacial score (nSPS) is 20.2. The van der Waals surface area contributed by atoms with E-state index < -0.39 is 11.5 Å². The molecule has 2 rings (SSSR count). The van der Waals surface area contributed by atoms with Gasteiger partial charge in [-0.15, -0.1) is 0 Å². The first kappa shape index (κ1) is 11.8. The zero-order valence-electron chi connectivity index (χ0n) is 8.62. The third-order valence-electron chi connectivity index (χ3n) is 3.05. The Morgan fingerprint density at radius 1 is 1.56 bits per heavy atom. The summed E-state index contributed by atoms with van der Waals surface area (Å²) in [6.07, 6.45) is -0.825. The first-order valence-corrected chi connectivity index (χ1v) is 5.39. The van der Waals surface area contributed by atoms with E-state index in [1.54, 1.807) is 0 Å². The Morgan fingerprint density at radius 3 is 2.75 bits per heavy atom. The van der Waals surface area contributed by atoms with Crippen molar-refractivity contribution in [2.24, 2.45) is 5.73 Å². The van der Waals surface area contributed by atoms with Crippen LogP contribution in [0.25, 0.3) is 0 Å². The van der Waals surface area contributed by atoms with Crippen molar-refractivity contribution in [1.29, 1.82) is 0 Å². The van der Waals surface area contributed by atoms with Gasteiger partial charge in [0.1, 0.15) is 5.82 Å². The SMILES string of the molecule is NCC(O)C1(c2cc(Cl)ccc2F)COC1. The second kappa shape index (κ2) is 4.30. The van der Waals surface area contributed by atoms with E-state index in [2.05, 4.69) is 0 Å². The molecular weight excluding hydrogens is 233 g/mol. The summed E-state index contributed by atoms with van der Waals surface area (Å²) >= 11 is 5.83. The molecular formula is C11H13ClFNO2. The molecule has 16 heavy (non-hydrogen) atoms. The molecule has 1 atom stereocenters. The first-order valence-electron chi connectivity index (χ1n) is 5.01. The van der Waals surface area contributed by atoms with E-state index in [4.69, 9.17) is 22.1 Å². The average molecular weight is 246 g/mol. The predicted octanol–water partition coefficient (Wildman–Crippen LogP) is 1.07. The van der Waals surface area contributed by atoms with Crippen LogP contribution in [0.5, 0.6) is 0 Å². The van der Waals surface area contributed by atoms with Crippen molar-refractivity contribution >= 4 is 11.6 Å². The van der Waals surface area contributed by atoms with E-state index in [9.17, 15) is 9.50 Å². The van der Waals surface area contributed by atoms with E-state index in [1.807, 2.05) is 0 Å². The molecule has 0 saturated carbocycles. The molecule has 0 spiro atoms. The summed E-state index contributed by atoms with van der Waals surface area (Å²) in [5.41, 5.74) is 5.06. The average Bonchev–Trinajstić information content (AvgIpc) is 2.21. The quantitative estimate of drug-likeness (QED) is 0.838. The number of hydrogen-bond acceptors (Lipinski definition) is 3. The van der Waals surface area contributed by atoms with Crippen LogP contribution in [0.4, 0.5) is 4.39 Å². The molecule has 1 heterocycles. The second-order valence-corrected chi connectivity index (χ2v) is 4.46. The third kappa shape index (κ3) is 1.72. The second-order valence-electron chi connectivity index (χ2n) is 4.02. The molecule has 1 aliphatic rings. The van der Waals surface area contributed by atoms with Crippen molar-refractivity contribution in [1.82, 2.24) is 0 Å². The molecule has 0 aliphatic carbocycles. The molecule has 5 heteroatoms. The highest BCUT2D eigenvalue weighted by molar-refractivity contribution is 6.30. The van der Waals surface area contributed by atoms with Gasteiger partial charge in [0.2, 0.25) is 0 Å². The van der Waals surface area contributed by atoms with Crippen LogP contribution in [-0.2, 0) is 10.2 Å². The maximum atomic E-state index is 13.7. The summed E-state index contributed by atoms with van der Waals surface area (Å²) in [7, 11) is 0. The number of ether oxygens (including phenoxy) is 1. The van der Waals surface area contributed by atoms with E-state index >= 15 is 0 Å². The molecule has 1 saturated heterocycles. The Kier molecular flexibility index (Phi) is 3.17. The van der Waals surface area contributed by atoms with Gasteiger partial charge in [-0.05, 0) is 18.2 Å². The van der Waals surface area contributed by atoms with Gasteiger partial charge in [-0.2, -0.15) is 0 Å². The largest absolute Gasteiger partial charge is 0.391 e. The van der Waals surface area contributed by atoms with Crippen molar-refractivity contribution in [2.75, 3.05) is 19.8 Å². The van der Waals surface area contributed by atoms with Crippen LogP contribution in [0, 0.1) is 5.82 Å². The fourth-order valence-electron chi connectivity index (χ4n) is 1.95. The first-order chi connectivity index (χ1) is 7.60. The molecule has 0 amide bonds. The van der Waals surface area contributed by atoms with Crippen molar-refractivity contribution in [3.05, 3.63) is 34.6 Å². The number of halogens is 2. The predicted molar refractivity (Wildman–Crippen MR) is 59.0 cm³/mol. The summed E-state index contributed by atoms with van der Waals surface area (Å²) < 4.78 is 18.8. The van der Waals surface area contributed by atoms with Crippen molar-refractivity contribution < 1.29 is 14.2 Å². The lowest BCUT2D eigenvalue weighted by Gasteiger charge is -2.45. The molecule has 1 unspecified atom stereocenters. The zero-order valence-corrected chi connectivity index (χ0v) is 9.38. The fraction of sp³-hybridized carbons (Fsp3) is 0.455. The zero-order chi connectivity index (χ0) is 11.8. The van der Waals surface area contributed by atoms with Gasteiger partial charge in [-0.1, -0.05) is 11.6 Å². The van der Waals surface area contributed by atoms with Gasteiger partial charge in [0.15, 0.2) is 0 Å². The van der Waals surface area contributed by atoms with Crippen molar-refractivity contribution in [3.8, 4) is 0 Å². The van der Waals surface area contributed by atoms with E-state index in [1.165, 1.54) is 18.2 Å². The number of nitrogens with two attached hydrogens (primary N) is 1. The Hall–Kier alpha value is -0.680. The van der Waals surface area contributed by atoms with Crippen molar-refractivity contribution in [2.45, 2.75) is 11.5 Å². The minimum absolute atomic E-state index is 0.0648. The maximum Gasteiger partial charge on any atom is 0.127 e. The van der Waals surface area contributed by atoms with Gasteiger partial charge in [-0.25, -0.2) is 4.39 Å². The Bertz CT molecular complexity index is 396. The van der Waals surface area contributed by atoms with Crippen LogP contribution in [-0.4, -0.2) is 31.0 Å². The fourth-order valence-corrected chi connectivity index (χ4v) is 2.13. The van der Waals surface area contributed by atoms with E-state index in [-0.39, 0.29) is 25.6 Å². The topological polar surface area (TPSA) is 55.5 Å². The number of benzene rings is 1. The summed E-state index contributed by atoms with van der Waals surface area (Å²) in [6, 6.07) is 4.29. The summed E-state index contributed by atoms with van der Waals surface area (Å²) in [6.45, 7) is 0.598. The molecule has 88 valence electrons. The molecule has 3 N–H and O–H groups in total. The number of hydrogen-bond donors (Lipinski definition) is 2. The summed E-state index contributed by atoms with van der Waals surface area (Å²) in [4.78, 5) is 0. The van der Waals surface area contributed by atoms with Gasteiger partial charge in [0, 0.05) is 17.1 Å². The minimum atomic E-state index is -0.825. The Morgan fingerprint density at radius 2 is 2.25 bits per heavy atom. The molecule has 1 aliphatic heterocycles. The van der Waals surface area contributed by atoms with Gasteiger partial charge >= 0.3 is 0 Å². The number of aliphatic hydroxyl groups excluding tert-OH is 1. The number of rotatable bonds is 3. The van der Waals surface area contributed by atoms with Crippen LogP contribution >= 0.6 is 11.6 Å². The van der Waals surface area contributed by atoms with Crippen LogP contribution in [0.15, 0.2) is 18.2 Å². The van der Waals surface area contributed by atoms with Crippen LogP contribution in [0.2, 0.25) is 5.02 Å². The standard InChI is InChI=1S/C11H13ClFNO2/c12-7-1-2-9(13)8(3-7)11(5-16-6-11)10(15)4-14/h1-3,10,15H,4-6,14H2. The lowest BCUT2D eigenvalue weighted by Crippen LogP contribution is -2.58. The molecule has 3 nitrogen and oxygen atoms in total. The van der Waals surface area contributed by atoms with Crippen molar-refractivity contribution in [3.63, 3.8) is 0 Å². The highest BCUT2D eigenvalue weighted by atomic mass is 35.5. The number of aliphatic hydroxyl groups is 1. The van der Waals surface area contributed by atoms with Gasteiger partial charge < -0.3 is 15.6 Å². The van der Waals surface area contributed by atoms with Gasteiger partial charge in [-0.3, -0.25) is 0 Å². The highest BCUT2D eigenvalue weighted by Crippen LogP contribution is 2.38. The molecule has 0 aromatic heterocycles. The monoisotopic (exact) mass is 245 g/mol. The molecule has 0 bridgehead atoms. The smallest absolute Gasteiger partial charge is 0.127 e. The lowest BCUT2D eigenvalue weighted by molar-refractivity contribution is -0.118. The van der Waals surface area contributed by atoms with Gasteiger partial charge in [0.05, 0.1) is 24.7 Å². The summed E-state index contributed by atoms with van der Waals surface area (Å²) in [5, 5.41) is 10.3. The maximum absolute atomic E-state index is 13.7. The Labute approximate surface area is 98.0 Å². The van der Waals surface area contributed by atoms with Crippen LogP contribution < -0.4 is 5.73 Å². The third-order valence-corrected chi connectivity index (χ3v) is 3.28. The Balaban J connectivity index is 2.44. The van der Waals surface area contributed by atoms with Crippen LogP contribution in [0.1, 0.15) is 5.56 Å². The van der Waals surface area contributed by atoms with Crippen LogP contribution in [0.3, 0.4) is 0 Å². The van der Waals surface area contributed by atoms with E-state index in [0.29, 0.717) is 10.6 Å². The molecule has 1 aromatic rings. The minimum Gasteiger partial charge on any atom is -0.391 e. The van der Waals surface area contributed by atoms with E-state index in [0.717, 1.165) is 0 Å². The molecule has 1 fully saturated rings. The molecule has 1 aromatic carbocycles.